The summed E-state index contributed by atoms with van der Waals surface area (Å²) in [5.74, 6) is -0.538. The Hall–Kier alpha value is -2.41. The molecule has 2 saturated heterocycles. The SMILES string of the molecule is COC(=O)C1CCN(CN2C(=O)N[C@@](C)(c3ccccc3)C2=O)CC1. The fourth-order valence-electron chi connectivity index (χ4n) is 3.47. The molecule has 0 spiro atoms. The summed E-state index contributed by atoms with van der Waals surface area (Å²) in [6.45, 7) is 3.27. The second kappa shape index (κ2) is 6.84. The standard InChI is InChI=1S/C18H23N3O4/c1-18(14-6-4-3-5-7-14)16(23)21(17(24)19-18)12-20-10-8-13(9-11-20)15(22)25-2/h3-7,13H,8-12H2,1-2H3,(H,19,24)/t18-/m0/s1. The molecule has 7 heteroatoms. The third kappa shape index (κ3) is 3.24. The fourth-order valence-corrected chi connectivity index (χ4v) is 3.47. The second-order valence-electron chi connectivity index (χ2n) is 6.71. The minimum Gasteiger partial charge on any atom is -0.469 e. The van der Waals surface area contributed by atoms with E-state index >= 15 is 0 Å². The lowest BCUT2D eigenvalue weighted by Gasteiger charge is -2.32. The van der Waals surface area contributed by atoms with Crippen molar-refractivity contribution < 1.29 is 19.1 Å². The number of hydrogen-bond acceptors (Lipinski definition) is 5. The maximum absolute atomic E-state index is 12.9. The van der Waals surface area contributed by atoms with Crippen LogP contribution >= 0.6 is 0 Å². The predicted octanol–water partition coefficient (Wildman–Crippen LogP) is 1.30. The number of nitrogens with one attached hydrogen (secondary N) is 1. The number of nitrogens with zero attached hydrogens (tertiary/aromatic N) is 2. The molecule has 1 aromatic carbocycles. The van der Waals surface area contributed by atoms with Gasteiger partial charge in [-0.25, -0.2) is 9.69 Å². The predicted molar refractivity (Wildman–Crippen MR) is 90.4 cm³/mol. The Bertz CT molecular complexity index is 670. The summed E-state index contributed by atoms with van der Waals surface area (Å²) >= 11 is 0. The van der Waals surface area contributed by atoms with Crippen LogP contribution in [0.25, 0.3) is 0 Å². The van der Waals surface area contributed by atoms with Crippen LogP contribution in [0.1, 0.15) is 25.3 Å². The summed E-state index contributed by atoms with van der Waals surface area (Å²) in [5.41, 5.74) is -0.275. The Morgan fingerprint density at radius 3 is 2.48 bits per heavy atom. The number of hydrogen-bond donors (Lipinski definition) is 1. The Morgan fingerprint density at radius 1 is 1.24 bits per heavy atom. The summed E-state index contributed by atoms with van der Waals surface area (Å²) in [6, 6.07) is 8.86. The van der Waals surface area contributed by atoms with Crippen LogP contribution < -0.4 is 5.32 Å². The molecule has 2 heterocycles. The molecule has 0 aliphatic carbocycles. The van der Waals surface area contributed by atoms with Gasteiger partial charge in [-0.1, -0.05) is 30.3 Å². The minimum absolute atomic E-state index is 0.0982. The smallest absolute Gasteiger partial charge is 0.326 e. The van der Waals surface area contributed by atoms with E-state index < -0.39 is 5.54 Å². The van der Waals surface area contributed by atoms with Crippen LogP contribution in [0.2, 0.25) is 0 Å². The van der Waals surface area contributed by atoms with Gasteiger partial charge in [0.05, 0.1) is 19.7 Å². The molecule has 25 heavy (non-hydrogen) atoms. The molecular weight excluding hydrogens is 322 g/mol. The molecule has 0 saturated carbocycles. The zero-order valence-corrected chi connectivity index (χ0v) is 14.5. The maximum Gasteiger partial charge on any atom is 0.326 e. The van der Waals surface area contributed by atoms with Crippen LogP contribution in [0.4, 0.5) is 4.79 Å². The maximum atomic E-state index is 12.9. The molecule has 1 N–H and O–H groups in total. The summed E-state index contributed by atoms with van der Waals surface area (Å²) in [4.78, 5) is 40.1. The van der Waals surface area contributed by atoms with Crippen molar-refractivity contribution in [2.24, 2.45) is 5.92 Å². The fraction of sp³-hybridized carbons (Fsp3) is 0.500. The number of methoxy groups -OCH3 is 1. The van der Waals surface area contributed by atoms with Gasteiger partial charge in [-0.05, 0) is 25.3 Å². The van der Waals surface area contributed by atoms with E-state index in [-0.39, 0.29) is 30.5 Å². The molecule has 3 amide bonds. The van der Waals surface area contributed by atoms with Crippen molar-refractivity contribution in [3.8, 4) is 0 Å². The van der Waals surface area contributed by atoms with E-state index in [9.17, 15) is 14.4 Å². The molecule has 2 fully saturated rings. The largest absolute Gasteiger partial charge is 0.469 e. The first-order chi connectivity index (χ1) is 12.0. The lowest BCUT2D eigenvalue weighted by molar-refractivity contribution is -0.147. The van der Waals surface area contributed by atoms with Crippen LogP contribution in [0.3, 0.4) is 0 Å². The van der Waals surface area contributed by atoms with Crippen molar-refractivity contribution in [1.29, 1.82) is 0 Å². The average molecular weight is 345 g/mol. The van der Waals surface area contributed by atoms with Gasteiger partial charge in [-0.3, -0.25) is 14.5 Å². The minimum atomic E-state index is -1.04. The molecule has 3 rings (SSSR count). The first-order valence-electron chi connectivity index (χ1n) is 8.45. The normalized spacial score (nSPS) is 25.1. The second-order valence-corrected chi connectivity index (χ2v) is 6.71. The highest BCUT2D eigenvalue weighted by Gasteiger charge is 2.49. The molecule has 2 aliphatic rings. The highest BCUT2D eigenvalue weighted by atomic mass is 16.5. The van der Waals surface area contributed by atoms with Crippen LogP contribution in [0, 0.1) is 5.92 Å². The monoisotopic (exact) mass is 345 g/mol. The quantitative estimate of drug-likeness (QED) is 0.657. The van der Waals surface area contributed by atoms with Gasteiger partial charge in [0, 0.05) is 13.1 Å². The zero-order valence-electron chi connectivity index (χ0n) is 14.5. The summed E-state index contributed by atoms with van der Waals surface area (Å²) in [6.07, 6.45) is 1.35. The molecule has 1 atom stereocenters. The Balaban J connectivity index is 1.65. The molecule has 2 aliphatic heterocycles. The topological polar surface area (TPSA) is 79.0 Å². The van der Waals surface area contributed by atoms with Crippen LogP contribution in [-0.2, 0) is 19.9 Å². The van der Waals surface area contributed by atoms with E-state index in [0.717, 1.165) is 5.56 Å². The van der Waals surface area contributed by atoms with Gasteiger partial charge in [0.15, 0.2) is 0 Å². The zero-order chi connectivity index (χ0) is 18.0. The third-order valence-corrected chi connectivity index (χ3v) is 5.09. The van der Waals surface area contributed by atoms with E-state index in [4.69, 9.17) is 4.74 Å². The first-order valence-corrected chi connectivity index (χ1v) is 8.45. The number of amides is 3. The number of rotatable bonds is 4. The molecule has 0 radical (unpaired) electrons. The number of esters is 1. The first kappa shape index (κ1) is 17.4. The number of urea groups is 1. The lowest BCUT2D eigenvalue weighted by Crippen LogP contribution is -2.46. The number of imide groups is 1. The number of ether oxygens (including phenoxy) is 1. The van der Waals surface area contributed by atoms with Gasteiger partial charge < -0.3 is 10.1 Å². The molecule has 0 aromatic heterocycles. The molecule has 134 valence electrons. The number of piperidine rings is 1. The highest BCUT2D eigenvalue weighted by molar-refractivity contribution is 6.07. The van der Waals surface area contributed by atoms with E-state index in [1.165, 1.54) is 12.0 Å². The lowest BCUT2D eigenvalue weighted by atomic mass is 9.92. The van der Waals surface area contributed by atoms with Crippen molar-refractivity contribution in [3.05, 3.63) is 35.9 Å². The van der Waals surface area contributed by atoms with Gasteiger partial charge in [0.2, 0.25) is 0 Å². The molecule has 7 nitrogen and oxygen atoms in total. The van der Waals surface area contributed by atoms with Gasteiger partial charge >= 0.3 is 12.0 Å². The van der Waals surface area contributed by atoms with E-state index in [2.05, 4.69) is 5.32 Å². The van der Waals surface area contributed by atoms with Gasteiger partial charge in [-0.15, -0.1) is 0 Å². The van der Waals surface area contributed by atoms with Gasteiger partial charge in [0.1, 0.15) is 5.54 Å². The van der Waals surface area contributed by atoms with Crippen molar-refractivity contribution in [2.45, 2.75) is 25.3 Å². The van der Waals surface area contributed by atoms with Crippen LogP contribution in [0.15, 0.2) is 30.3 Å². The molecular formula is C18H23N3O4. The van der Waals surface area contributed by atoms with Crippen LogP contribution in [0.5, 0.6) is 0 Å². The number of carbonyl (C=O) groups excluding carboxylic acids is 3. The molecule has 0 bridgehead atoms. The third-order valence-electron chi connectivity index (χ3n) is 5.09. The van der Waals surface area contributed by atoms with Gasteiger partial charge in [-0.2, -0.15) is 0 Å². The Morgan fingerprint density at radius 2 is 1.88 bits per heavy atom. The van der Waals surface area contributed by atoms with E-state index in [0.29, 0.717) is 25.9 Å². The van der Waals surface area contributed by atoms with Crippen molar-refractivity contribution in [2.75, 3.05) is 26.9 Å². The number of benzene rings is 1. The number of carbonyl (C=O) groups is 3. The van der Waals surface area contributed by atoms with Crippen molar-refractivity contribution in [3.63, 3.8) is 0 Å². The van der Waals surface area contributed by atoms with Gasteiger partial charge in [0.25, 0.3) is 5.91 Å². The Kier molecular flexibility index (Phi) is 4.76. The highest BCUT2D eigenvalue weighted by Crippen LogP contribution is 2.29. The van der Waals surface area contributed by atoms with Crippen molar-refractivity contribution in [1.82, 2.24) is 15.1 Å². The average Bonchev–Trinajstić information content (AvgIpc) is 2.86. The summed E-state index contributed by atoms with van der Waals surface area (Å²) in [5, 5.41) is 2.81. The van der Waals surface area contributed by atoms with Crippen LogP contribution in [-0.4, -0.2) is 54.6 Å². The Labute approximate surface area is 146 Å². The summed E-state index contributed by atoms with van der Waals surface area (Å²) in [7, 11) is 1.40. The van der Waals surface area contributed by atoms with E-state index in [1.54, 1.807) is 6.92 Å². The van der Waals surface area contributed by atoms with E-state index in [1.807, 2.05) is 35.2 Å². The molecule has 0 unspecified atom stereocenters. The summed E-state index contributed by atoms with van der Waals surface area (Å²) < 4.78 is 4.78. The van der Waals surface area contributed by atoms with Crippen molar-refractivity contribution >= 4 is 17.9 Å². The molecule has 1 aromatic rings. The number of likely N-dealkylation sites (tertiary alicyclic amines) is 1.